The molecule has 2 aliphatic heterocycles. The molecular weight excluding hydrogens is 306 g/mol. The van der Waals surface area contributed by atoms with E-state index in [1.165, 1.54) is 55.8 Å². The number of rotatable bonds is 3. The van der Waals surface area contributed by atoms with Crippen molar-refractivity contribution in [3.05, 3.63) is 59.9 Å². The number of fused-ring (bicyclic) bond motifs is 3. The average molecular weight is 333 g/mol. The number of aromatic nitrogens is 1. The highest BCUT2D eigenvalue weighted by molar-refractivity contribution is 5.49. The van der Waals surface area contributed by atoms with Gasteiger partial charge in [-0.25, -0.2) is 0 Å². The van der Waals surface area contributed by atoms with Gasteiger partial charge in [0.25, 0.3) is 0 Å². The fourth-order valence-electron chi connectivity index (χ4n) is 5.48. The molecule has 3 heterocycles. The second kappa shape index (κ2) is 6.14. The third kappa shape index (κ3) is 2.65. The average Bonchev–Trinajstić information content (AvgIpc) is 3.13. The Morgan fingerprint density at radius 1 is 1.04 bits per heavy atom. The van der Waals surface area contributed by atoms with E-state index in [9.17, 15) is 0 Å². The topological polar surface area (TPSA) is 19.4 Å². The highest BCUT2D eigenvalue weighted by atomic mass is 15.3. The summed E-state index contributed by atoms with van der Waals surface area (Å²) in [7, 11) is 0. The number of hydrogen-bond acceptors (Lipinski definition) is 3. The Morgan fingerprint density at radius 3 is 2.76 bits per heavy atom. The van der Waals surface area contributed by atoms with Crippen molar-refractivity contribution in [1.29, 1.82) is 0 Å². The molecule has 25 heavy (non-hydrogen) atoms. The van der Waals surface area contributed by atoms with Crippen LogP contribution in [0.1, 0.15) is 24.6 Å². The first-order valence-corrected chi connectivity index (χ1v) is 9.78. The molecule has 0 saturated carbocycles. The van der Waals surface area contributed by atoms with Crippen LogP contribution in [0.5, 0.6) is 0 Å². The molecule has 2 saturated heterocycles. The number of hydrogen-bond donors (Lipinski definition) is 0. The fraction of sp³-hybridized carbons (Fsp3) is 0.500. The first-order chi connectivity index (χ1) is 12.3. The maximum atomic E-state index is 4.59. The number of piperidine rings is 1. The van der Waals surface area contributed by atoms with Gasteiger partial charge in [0.2, 0.25) is 0 Å². The van der Waals surface area contributed by atoms with Gasteiger partial charge >= 0.3 is 0 Å². The van der Waals surface area contributed by atoms with E-state index in [0.717, 1.165) is 11.8 Å². The Morgan fingerprint density at radius 2 is 1.92 bits per heavy atom. The molecule has 2 fully saturated rings. The standard InChI is InChI=1S/C22H27N3/c1-16-21-9-11-24(14-17-12-18-6-5-10-23-20(18)13-17)22(16)15-25(21)19-7-3-2-4-8-19/h2-8,10,16-17,21-22H,9,11-15H2,1H3/t16-,17?,21?,22?/m0/s1. The molecule has 2 aromatic rings. The summed E-state index contributed by atoms with van der Waals surface area (Å²) in [4.78, 5) is 10.0. The lowest BCUT2D eigenvalue weighted by molar-refractivity contribution is 0.112. The Bertz CT molecular complexity index is 719. The van der Waals surface area contributed by atoms with Gasteiger partial charge in [-0.05, 0) is 54.9 Å². The summed E-state index contributed by atoms with van der Waals surface area (Å²) in [6, 6.07) is 16.8. The summed E-state index contributed by atoms with van der Waals surface area (Å²) in [5.41, 5.74) is 4.22. The summed E-state index contributed by atoms with van der Waals surface area (Å²) in [6.45, 7) is 6.15. The molecule has 130 valence electrons. The van der Waals surface area contributed by atoms with E-state index in [1.807, 2.05) is 6.20 Å². The largest absolute Gasteiger partial charge is 0.367 e. The van der Waals surface area contributed by atoms with Gasteiger partial charge in [0.15, 0.2) is 0 Å². The zero-order valence-corrected chi connectivity index (χ0v) is 15.0. The minimum Gasteiger partial charge on any atom is -0.367 e. The number of nitrogens with zero attached hydrogens (tertiary/aromatic N) is 3. The van der Waals surface area contributed by atoms with Gasteiger partial charge in [0.1, 0.15) is 0 Å². The predicted molar refractivity (Wildman–Crippen MR) is 102 cm³/mol. The van der Waals surface area contributed by atoms with Crippen LogP contribution in [0.15, 0.2) is 48.7 Å². The maximum absolute atomic E-state index is 4.59. The van der Waals surface area contributed by atoms with Crippen LogP contribution in [0, 0.1) is 11.8 Å². The first-order valence-electron chi connectivity index (χ1n) is 9.78. The molecule has 3 nitrogen and oxygen atoms in total. The van der Waals surface area contributed by atoms with Crippen LogP contribution in [0.4, 0.5) is 5.69 Å². The summed E-state index contributed by atoms with van der Waals surface area (Å²) in [5, 5.41) is 0. The highest BCUT2D eigenvalue weighted by Gasteiger charge is 2.45. The van der Waals surface area contributed by atoms with Crippen LogP contribution in [-0.4, -0.2) is 41.6 Å². The molecular formula is C22H27N3. The van der Waals surface area contributed by atoms with Crippen LogP contribution >= 0.6 is 0 Å². The number of anilines is 1. The van der Waals surface area contributed by atoms with Gasteiger partial charge in [-0.15, -0.1) is 0 Å². The van der Waals surface area contributed by atoms with Crippen LogP contribution in [0.2, 0.25) is 0 Å². The van der Waals surface area contributed by atoms with Crippen molar-refractivity contribution in [1.82, 2.24) is 9.88 Å². The summed E-state index contributed by atoms with van der Waals surface area (Å²) in [6.07, 6.45) is 5.63. The van der Waals surface area contributed by atoms with Gasteiger partial charge < -0.3 is 4.90 Å². The summed E-state index contributed by atoms with van der Waals surface area (Å²) < 4.78 is 0. The fourth-order valence-corrected chi connectivity index (χ4v) is 5.48. The predicted octanol–water partition coefficient (Wildman–Crippen LogP) is 3.40. The molecule has 3 unspecified atom stereocenters. The van der Waals surface area contributed by atoms with E-state index in [4.69, 9.17) is 0 Å². The lowest BCUT2D eigenvalue weighted by Gasteiger charge is -2.38. The van der Waals surface area contributed by atoms with Crippen LogP contribution in [-0.2, 0) is 12.8 Å². The zero-order chi connectivity index (χ0) is 16.8. The van der Waals surface area contributed by atoms with Gasteiger partial charge in [-0.2, -0.15) is 0 Å². The molecule has 0 spiro atoms. The van der Waals surface area contributed by atoms with Gasteiger partial charge in [0.05, 0.1) is 0 Å². The van der Waals surface area contributed by atoms with E-state index < -0.39 is 0 Å². The van der Waals surface area contributed by atoms with Crippen LogP contribution in [0.3, 0.4) is 0 Å². The van der Waals surface area contributed by atoms with E-state index in [-0.39, 0.29) is 0 Å². The Kier molecular flexibility index (Phi) is 3.78. The number of benzene rings is 1. The Hall–Kier alpha value is -1.87. The highest BCUT2D eigenvalue weighted by Crippen LogP contribution is 2.39. The number of likely N-dealkylation sites (tertiary alicyclic amines) is 1. The van der Waals surface area contributed by atoms with Crippen molar-refractivity contribution in [2.45, 2.75) is 38.3 Å². The first kappa shape index (κ1) is 15.4. The molecule has 0 N–H and O–H groups in total. The Labute approximate surface area is 150 Å². The van der Waals surface area contributed by atoms with Crippen molar-refractivity contribution < 1.29 is 0 Å². The SMILES string of the molecule is C[C@@H]1C2CN(c3ccccc3)C1CCN2CC1Cc2cccnc2C1. The zero-order valence-electron chi connectivity index (χ0n) is 15.0. The maximum Gasteiger partial charge on any atom is 0.0439 e. The normalized spacial score (nSPS) is 31.3. The van der Waals surface area contributed by atoms with Crippen molar-refractivity contribution in [3.8, 4) is 0 Å². The number of para-hydroxylation sites is 1. The summed E-state index contributed by atoms with van der Waals surface area (Å²) in [5.74, 6) is 1.51. The molecule has 5 rings (SSSR count). The van der Waals surface area contributed by atoms with Gasteiger partial charge in [-0.3, -0.25) is 9.88 Å². The van der Waals surface area contributed by atoms with Crippen molar-refractivity contribution in [2.24, 2.45) is 11.8 Å². The third-order valence-corrected chi connectivity index (χ3v) is 6.73. The molecule has 3 aliphatic rings. The lowest BCUT2D eigenvalue weighted by atomic mass is 9.89. The van der Waals surface area contributed by atoms with Gasteiger partial charge in [-0.1, -0.05) is 31.2 Å². The van der Waals surface area contributed by atoms with Crippen molar-refractivity contribution >= 4 is 5.69 Å². The molecule has 1 aliphatic carbocycles. The van der Waals surface area contributed by atoms with Crippen molar-refractivity contribution in [3.63, 3.8) is 0 Å². The Balaban J connectivity index is 1.30. The van der Waals surface area contributed by atoms with Gasteiger partial charge in [0, 0.05) is 49.3 Å². The minimum absolute atomic E-state index is 0.704. The lowest BCUT2D eigenvalue weighted by Crippen LogP contribution is -2.48. The number of pyridine rings is 1. The van der Waals surface area contributed by atoms with E-state index in [2.05, 4.69) is 64.2 Å². The van der Waals surface area contributed by atoms with E-state index in [0.29, 0.717) is 12.1 Å². The van der Waals surface area contributed by atoms with Crippen molar-refractivity contribution in [2.75, 3.05) is 24.5 Å². The smallest absolute Gasteiger partial charge is 0.0439 e. The molecule has 2 bridgehead atoms. The monoisotopic (exact) mass is 333 g/mol. The van der Waals surface area contributed by atoms with Crippen LogP contribution in [0.25, 0.3) is 0 Å². The molecule has 0 amide bonds. The molecule has 3 heteroatoms. The molecule has 4 atom stereocenters. The molecule has 0 radical (unpaired) electrons. The summed E-state index contributed by atoms with van der Waals surface area (Å²) >= 11 is 0. The minimum atomic E-state index is 0.704. The third-order valence-electron chi connectivity index (χ3n) is 6.73. The second-order valence-electron chi connectivity index (χ2n) is 8.15. The molecule has 1 aromatic carbocycles. The quantitative estimate of drug-likeness (QED) is 0.858. The second-order valence-corrected chi connectivity index (χ2v) is 8.15. The van der Waals surface area contributed by atoms with E-state index >= 15 is 0 Å². The van der Waals surface area contributed by atoms with Crippen LogP contribution < -0.4 is 4.90 Å². The molecule has 1 aromatic heterocycles. The van der Waals surface area contributed by atoms with E-state index in [1.54, 1.807) is 0 Å².